The number of rotatable bonds is 4. The highest BCUT2D eigenvalue weighted by Crippen LogP contribution is 2.55. The topological polar surface area (TPSA) is 102 Å². The van der Waals surface area contributed by atoms with E-state index in [0.717, 1.165) is 5.56 Å². The third-order valence-electron chi connectivity index (χ3n) is 6.98. The first-order chi connectivity index (χ1) is 18.2. The van der Waals surface area contributed by atoms with Crippen LogP contribution < -0.4 is 15.0 Å². The summed E-state index contributed by atoms with van der Waals surface area (Å²) in [6.45, 7) is 5.79. The molecule has 4 heterocycles. The number of fused-ring (bicyclic) bond motifs is 4. The average molecular weight is 549 g/mol. The fourth-order valence-corrected chi connectivity index (χ4v) is 5.80. The minimum atomic E-state index is -1.57. The van der Waals surface area contributed by atoms with Crippen LogP contribution in [-0.2, 0) is 10.3 Å². The van der Waals surface area contributed by atoms with E-state index in [2.05, 4.69) is 15.3 Å². The number of carbonyl (C=O) groups is 2. The summed E-state index contributed by atoms with van der Waals surface area (Å²) in [6.07, 6.45) is 2.96. The number of carbonyl (C=O) groups excluding carboxylic acids is 2. The summed E-state index contributed by atoms with van der Waals surface area (Å²) >= 11 is 12.7. The van der Waals surface area contributed by atoms with Gasteiger partial charge in [0.1, 0.15) is 12.2 Å². The van der Waals surface area contributed by atoms with Crippen molar-refractivity contribution < 1.29 is 14.3 Å². The maximum atomic E-state index is 14.4. The van der Waals surface area contributed by atoms with Crippen molar-refractivity contribution >= 4 is 46.4 Å². The first kappa shape index (κ1) is 24.4. The maximum absolute atomic E-state index is 14.4. The number of hydrogen-bond acceptors (Lipinski definition) is 6. The number of methoxy groups -OCH3 is 1. The normalized spacial score (nSPS) is 17.8. The van der Waals surface area contributed by atoms with E-state index in [9.17, 15) is 9.59 Å². The number of aromatic nitrogens is 4. The van der Waals surface area contributed by atoms with Crippen LogP contribution in [0, 0.1) is 6.92 Å². The van der Waals surface area contributed by atoms with Crippen molar-refractivity contribution in [3.63, 3.8) is 0 Å². The highest BCUT2D eigenvalue weighted by Gasteiger charge is 2.64. The van der Waals surface area contributed by atoms with E-state index >= 15 is 0 Å². The molecule has 0 bridgehead atoms. The quantitative estimate of drug-likeness (QED) is 0.366. The van der Waals surface area contributed by atoms with Gasteiger partial charge < -0.3 is 14.6 Å². The van der Waals surface area contributed by atoms with Gasteiger partial charge in [-0.1, -0.05) is 35.3 Å². The van der Waals surface area contributed by atoms with E-state index in [1.807, 2.05) is 31.4 Å². The van der Waals surface area contributed by atoms with Gasteiger partial charge in [0.25, 0.3) is 11.8 Å². The summed E-state index contributed by atoms with van der Waals surface area (Å²) < 4.78 is 7.37. The Labute approximate surface area is 228 Å². The van der Waals surface area contributed by atoms with Crippen molar-refractivity contribution in [2.45, 2.75) is 32.4 Å². The number of imidazole rings is 1. The number of amides is 2. The first-order valence-electron chi connectivity index (χ1n) is 11.9. The van der Waals surface area contributed by atoms with E-state index in [-0.39, 0.29) is 11.7 Å². The zero-order chi connectivity index (χ0) is 26.9. The second-order valence-corrected chi connectivity index (χ2v) is 10.3. The molecule has 1 atom stereocenters. The summed E-state index contributed by atoms with van der Waals surface area (Å²) in [5, 5.41) is 3.86. The molecule has 2 aromatic carbocycles. The van der Waals surface area contributed by atoms with Gasteiger partial charge >= 0.3 is 0 Å². The molecule has 4 aromatic rings. The van der Waals surface area contributed by atoms with Crippen LogP contribution in [0.5, 0.6) is 5.88 Å². The van der Waals surface area contributed by atoms with Crippen molar-refractivity contribution in [2.24, 2.45) is 0 Å². The van der Waals surface area contributed by atoms with Crippen LogP contribution in [0.15, 0.2) is 48.9 Å². The van der Waals surface area contributed by atoms with Gasteiger partial charge in [-0.15, -0.1) is 0 Å². The van der Waals surface area contributed by atoms with Crippen molar-refractivity contribution in [1.29, 1.82) is 0 Å². The lowest BCUT2D eigenvalue weighted by molar-refractivity contribution is -0.119. The molecule has 0 fully saturated rings. The van der Waals surface area contributed by atoms with Gasteiger partial charge in [0.2, 0.25) is 5.88 Å². The number of nitrogens with one attached hydrogen (secondary N) is 1. The highest BCUT2D eigenvalue weighted by molar-refractivity contribution is 6.32. The molecule has 2 amide bonds. The van der Waals surface area contributed by atoms with E-state index < -0.39 is 17.4 Å². The molecule has 0 saturated heterocycles. The lowest BCUT2D eigenvalue weighted by atomic mass is 9.86. The smallest absolute Gasteiger partial charge is 0.280 e. The molecule has 2 aromatic heterocycles. The van der Waals surface area contributed by atoms with Crippen molar-refractivity contribution in [2.75, 3.05) is 17.3 Å². The number of aryl methyl sites for hydroxylation is 1. The van der Waals surface area contributed by atoms with Gasteiger partial charge in [0.05, 0.1) is 24.1 Å². The Hall–Kier alpha value is -3.95. The third-order valence-corrected chi connectivity index (χ3v) is 7.45. The van der Waals surface area contributed by atoms with Gasteiger partial charge in [-0.05, 0) is 50.6 Å². The molecule has 11 heteroatoms. The van der Waals surface area contributed by atoms with Crippen LogP contribution in [0.3, 0.4) is 0 Å². The second-order valence-electron chi connectivity index (χ2n) is 9.47. The van der Waals surface area contributed by atoms with E-state index in [1.165, 1.54) is 18.3 Å². The summed E-state index contributed by atoms with van der Waals surface area (Å²) in [7, 11) is 1.50. The number of ether oxygens (including phenoxy) is 1. The van der Waals surface area contributed by atoms with Gasteiger partial charge in [0.15, 0.2) is 11.2 Å². The second kappa shape index (κ2) is 8.54. The molecule has 9 nitrogen and oxygen atoms in total. The first-order valence-corrected chi connectivity index (χ1v) is 12.6. The van der Waals surface area contributed by atoms with Gasteiger partial charge in [-0.2, -0.15) is 0 Å². The van der Waals surface area contributed by atoms with Crippen LogP contribution in [0.25, 0.3) is 11.4 Å². The minimum Gasteiger partial charge on any atom is -0.480 e. The predicted octanol–water partition coefficient (Wildman–Crippen LogP) is 5.40. The minimum absolute atomic E-state index is 0.150. The fraction of sp³-hybridized carbons (Fsp3) is 0.222. The molecule has 6 rings (SSSR count). The molecule has 1 N–H and O–H groups in total. The Kier molecular flexibility index (Phi) is 5.48. The van der Waals surface area contributed by atoms with Crippen LogP contribution in [0.1, 0.15) is 47.2 Å². The molecular formula is C27H22Cl2N6O3. The standard InChI is InChI=1S/C27H22Cl2N6O3/c1-13(2)34-22-21(33-23(34)17-11-30-12-31-24(17)38-4)25(36)35(20-10-16(29)6-5-14(20)3)27(22)18-8-7-15(28)9-19(18)32-26(27)37/h5-13H,1-4H3,(H,32,37)/t27-/m1/s1. The lowest BCUT2D eigenvalue weighted by Gasteiger charge is -2.36. The molecule has 0 radical (unpaired) electrons. The Morgan fingerprint density at radius 2 is 1.82 bits per heavy atom. The van der Waals surface area contributed by atoms with Gasteiger partial charge in [0, 0.05) is 33.5 Å². The molecule has 0 unspecified atom stereocenters. The predicted molar refractivity (Wildman–Crippen MR) is 144 cm³/mol. The average Bonchev–Trinajstić information content (AvgIpc) is 3.49. The highest BCUT2D eigenvalue weighted by atomic mass is 35.5. The monoisotopic (exact) mass is 548 g/mol. The summed E-state index contributed by atoms with van der Waals surface area (Å²) in [5.41, 5.74) is 1.91. The summed E-state index contributed by atoms with van der Waals surface area (Å²) in [5.74, 6) is -0.101. The van der Waals surface area contributed by atoms with Gasteiger partial charge in [-0.25, -0.2) is 15.0 Å². The van der Waals surface area contributed by atoms with Crippen LogP contribution in [0.2, 0.25) is 10.0 Å². The number of benzene rings is 2. The van der Waals surface area contributed by atoms with Crippen molar-refractivity contribution in [3.8, 4) is 17.3 Å². The van der Waals surface area contributed by atoms with Crippen LogP contribution in [-0.4, -0.2) is 38.4 Å². The molecule has 2 aliphatic heterocycles. The number of anilines is 2. The summed E-state index contributed by atoms with van der Waals surface area (Å²) in [4.78, 5) is 43.3. The largest absolute Gasteiger partial charge is 0.480 e. The molecule has 0 aliphatic carbocycles. The fourth-order valence-electron chi connectivity index (χ4n) is 5.46. The molecule has 38 heavy (non-hydrogen) atoms. The number of hydrogen-bond donors (Lipinski definition) is 1. The van der Waals surface area contributed by atoms with E-state index in [4.69, 9.17) is 32.9 Å². The van der Waals surface area contributed by atoms with Crippen molar-refractivity contribution in [1.82, 2.24) is 19.5 Å². The Morgan fingerprint density at radius 3 is 2.55 bits per heavy atom. The molecule has 1 spiro atoms. The Balaban J connectivity index is 1.75. The molecular weight excluding hydrogens is 527 g/mol. The number of nitrogens with zero attached hydrogens (tertiary/aromatic N) is 5. The number of halogens is 2. The van der Waals surface area contributed by atoms with Crippen molar-refractivity contribution in [3.05, 3.63) is 81.5 Å². The van der Waals surface area contributed by atoms with E-state index in [1.54, 1.807) is 36.5 Å². The zero-order valence-corrected chi connectivity index (χ0v) is 22.4. The Bertz CT molecular complexity index is 1670. The molecule has 192 valence electrons. The molecule has 2 aliphatic rings. The summed E-state index contributed by atoms with van der Waals surface area (Å²) in [6, 6.07) is 10.2. The molecule has 0 saturated carbocycles. The Morgan fingerprint density at radius 1 is 1.08 bits per heavy atom. The SMILES string of the molecule is COc1ncncc1-c1nc2c(n1C(C)C)[C@]1(C(=O)Nc3cc(Cl)ccc31)N(c1cc(Cl)ccc1C)C2=O. The van der Waals surface area contributed by atoms with Crippen LogP contribution in [0.4, 0.5) is 11.4 Å². The third kappa shape index (κ3) is 3.15. The maximum Gasteiger partial charge on any atom is 0.280 e. The van der Waals surface area contributed by atoms with Gasteiger partial charge in [-0.3, -0.25) is 14.5 Å². The lowest BCUT2D eigenvalue weighted by Crippen LogP contribution is -2.51. The van der Waals surface area contributed by atoms with E-state index in [0.29, 0.717) is 49.9 Å². The zero-order valence-electron chi connectivity index (χ0n) is 20.9. The van der Waals surface area contributed by atoms with Crippen LogP contribution >= 0.6 is 23.2 Å².